The van der Waals surface area contributed by atoms with Crippen LogP contribution in [0.5, 0.6) is 0 Å². The Bertz CT molecular complexity index is 2320. The average molecular weight is 739 g/mol. The molecule has 4 amide bonds. The third kappa shape index (κ3) is 6.37. The van der Waals surface area contributed by atoms with E-state index in [1.807, 2.05) is 24.3 Å². The van der Waals surface area contributed by atoms with Crippen molar-refractivity contribution in [2.75, 3.05) is 18.0 Å². The number of aryl methyl sites for hydroxylation is 2. The van der Waals surface area contributed by atoms with Gasteiger partial charge in [0.15, 0.2) is 11.5 Å². The highest BCUT2D eigenvalue weighted by Gasteiger charge is 2.42. The van der Waals surface area contributed by atoms with E-state index in [2.05, 4.69) is 58.3 Å². The van der Waals surface area contributed by atoms with Gasteiger partial charge in [0.1, 0.15) is 6.04 Å². The van der Waals surface area contributed by atoms with E-state index < -0.39 is 17.4 Å². The Kier molecular flexibility index (Phi) is 9.32. The molecule has 1 aromatic heterocycles. The predicted octanol–water partition coefficient (Wildman–Crippen LogP) is 6.41. The number of carbonyl (C=O) groups is 5. The molecule has 0 bridgehead atoms. The third-order valence-electron chi connectivity index (χ3n) is 12.3. The van der Waals surface area contributed by atoms with E-state index in [9.17, 15) is 24.0 Å². The second kappa shape index (κ2) is 14.1. The van der Waals surface area contributed by atoms with Gasteiger partial charge in [-0.2, -0.15) is 0 Å². The maximum absolute atomic E-state index is 14.1. The number of ketones is 1. The van der Waals surface area contributed by atoms with Crippen molar-refractivity contribution in [2.45, 2.75) is 103 Å². The molecule has 282 valence electrons. The first-order valence-corrected chi connectivity index (χ1v) is 19.5. The van der Waals surface area contributed by atoms with Gasteiger partial charge in [0.25, 0.3) is 5.91 Å². The minimum atomic E-state index is -0.637. The van der Waals surface area contributed by atoms with Crippen molar-refractivity contribution in [2.24, 2.45) is 0 Å². The van der Waals surface area contributed by atoms with Crippen LogP contribution in [0.3, 0.4) is 0 Å². The molecule has 3 aliphatic heterocycles. The lowest BCUT2D eigenvalue weighted by atomic mass is 9.70. The number of carbonyl (C=O) groups excluding carboxylic acids is 5. The summed E-state index contributed by atoms with van der Waals surface area (Å²) in [5.41, 5.74) is 9.14. The van der Waals surface area contributed by atoms with Crippen LogP contribution in [-0.2, 0) is 39.2 Å². The molecule has 0 radical (unpaired) electrons. The number of hydrogen-bond acceptors (Lipinski definition) is 6. The fraction of sp³-hybridized carbons (Fsp3) is 0.409. The molecule has 1 atom stereocenters. The summed E-state index contributed by atoms with van der Waals surface area (Å²) in [7, 11) is 0. The molecule has 11 nitrogen and oxygen atoms in total. The van der Waals surface area contributed by atoms with E-state index >= 15 is 0 Å². The summed E-state index contributed by atoms with van der Waals surface area (Å²) >= 11 is 0. The highest BCUT2D eigenvalue weighted by atomic mass is 16.2. The van der Waals surface area contributed by atoms with Crippen LogP contribution in [0, 0.1) is 6.57 Å². The Morgan fingerprint density at radius 2 is 1.78 bits per heavy atom. The molecule has 2 saturated heterocycles. The van der Waals surface area contributed by atoms with Crippen LogP contribution < -0.4 is 15.5 Å². The van der Waals surface area contributed by atoms with E-state index in [-0.39, 0.29) is 36.0 Å². The molecule has 4 aliphatic rings. The number of benzene rings is 3. The molecular formula is C44H46N6O5. The van der Waals surface area contributed by atoms with Gasteiger partial charge < -0.3 is 20.1 Å². The van der Waals surface area contributed by atoms with E-state index in [1.54, 1.807) is 17.0 Å². The number of unbranched alkanes of at least 4 members (excludes halogenated alkanes) is 1. The van der Waals surface area contributed by atoms with Crippen molar-refractivity contribution in [3.05, 3.63) is 105 Å². The zero-order valence-corrected chi connectivity index (χ0v) is 31.6. The van der Waals surface area contributed by atoms with Gasteiger partial charge in [0.05, 0.1) is 12.1 Å². The monoisotopic (exact) mass is 738 g/mol. The fourth-order valence-electron chi connectivity index (χ4n) is 9.19. The molecule has 4 heterocycles. The van der Waals surface area contributed by atoms with E-state index in [0.717, 1.165) is 102 Å². The Morgan fingerprint density at radius 3 is 2.53 bits per heavy atom. The normalized spacial score (nSPS) is 19.2. The Morgan fingerprint density at radius 1 is 0.982 bits per heavy atom. The number of amides is 4. The second-order valence-electron chi connectivity index (χ2n) is 15.9. The Balaban J connectivity index is 0.862. The van der Waals surface area contributed by atoms with Gasteiger partial charge in [-0.1, -0.05) is 45.0 Å². The van der Waals surface area contributed by atoms with E-state index in [4.69, 9.17) is 6.57 Å². The van der Waals surface area contributed by atoms with Crippen molar-refractivity contribution in [3.63, 3.8) is 0 Å². The molecule has 2 fully saturated rings. The topological polar surface area (TPSA) is 136 Å². The number of nitrogens with zero attached hydrogens (tertiary/aromatic N) is 3. The van der Waals surface area contributed by atoms with Gasteiger partial charge in [0, 0.05) is 77.3 Å². The summed E-state index contributed by atoms with van der Waals surface area (Å²) in [5.74, 6) is -0.810. The van der Waals surface area contributed by atoms with Crippen LogP contribution >= 0.6 is 0 Å². The number of piperidine rings is 2. The molecular weight excluding hydrogens is 693 g/mol. The van der Waals surface area contributed by atoms with Gasteiger partial charge in [0.2, 0.25) is 17.7 Å². The Hall–Kier alpha value is -5.76. The summed E-state index contributed by atoms with van der Waals surface area (Å²) < 4.78 is 0. The molecule has 8 rings (SSSR count). The number of H-pyrrole nitrogens is 1. The molecule has 1 unspecified atom stereocenters. The summed E-state index contributed by atoms with van der Waals surface area (Å²) in [6, 6.07) is 14.9. The predicted molar refractivity (Wildman–Crippen MR) is 209 cm³/mol. The lowest BCUT2D eigenvalue weighted by Crippen LogP contribution is -2.52. The van der Waals surface area contributed by atoms with Crippen LogP contribution in [0.2, 0.25) is 0 Å². The summed E-state index contributed by atoms with van der Waals surface area (Å²) in [5, 5.41) is 6.48. The van der Waals surface area contributed by atoms with Crippen LogP contribution in [0.4, 0.5) is 11.4 Å². The van der Waals surface area contributed by atoms with Gasteiger partial charge in [-0.05, 0) is 91.5 Å². The number of fused-ring (bicyclic) bond motifs is 5. The van der Waals surface area contributed by atoms with Crippen LogP contribution in [-0.4, -0.2) is 64.5 Å². The van der Waals surface area contributed by atoms with Crippen LogP contribution in [0.25, 0.3) is 15.7 Å². The Labute approximate surface area is 320 Å². The first-order valence-electron chi connectivity index (χ1n) is 19.5. The van der Waals surface area contributed by atoms with Gasteiger partial charge >= 0.3 is 0 Å². The number of nitrogens with one attached hydrogen (secondary N) is 3. The molecule has 55 heavy (non-hydrogen) atoms. The number of aromatic amines is 1. The lowest BCUT2D eigenvalue weighted by molar-refractivity contribution is -0.137. The largest absolute Gasteiger partial charge is 0.371 e. The number of anilines is 1. The van der Waals surface area contributed by atoms with Crippen LogP contribution in [0.1, 0.15) is 120 Å². The molecule has 0 saturated carbocycles. The standard InChI is InChI=1S/C44H46N6O5/c1-5-25-21-31-33(44(2,3)41-39(40(31)53)30-14-13-28(45-4)22-34(30)47-41)23-36(25)49-19-17-27(18-20-49)46-37(51)12-7-6-9-26-10-8-11-29-32(26)24-50(43(29)55)35-15-16-38(52)48-42(35)54/h8,10-11,13-14,21-23,27,35,47H,5-7,9,12,15-20,24H2,1-3H3,(H,46,51)(H,48,52,54). The van der Waals surface area contributed by atoms with E-state index in [1.165, 1.54) is 0 Å². The van der Waals surface area contributed by atoms with E-state index in [0.29, 0.717) is 36.2 Å². The first-order chi connectivity index (χ1) is 26.5. The summed E-state index contributed by atoms with van der Waals surface area (Å²) in [4.78, 5) is 75.5. The smallest absolute Gasteiger partial charge is 0.255 e. The molecule has 11 heteroatoms. The van der Waals surface area contributed by atoms with Crippen molar-refractivity contribution >= 4 is 51.7 Å². The number of hydrogen-bond donors (Lipinski definition) is 3. The molecule has 3 N–H and O–H groups in total. The van der Waals surface area contributed by atoms with Gasteiger partial charge in [-0.3, -0.25) is 29.3 Å². The molecule has 4 aromatic rings. The van der Waals surface area contributed by atoms with Gasteiger partial charge in [-0.15, -0.1) is 0 Å². The number of aromatic nitrogens is 1. The number of imide groups is 1. The lowest BCUT2D eigenvalue weighted by Gasteiger charge is -2.38. The third-order valence-corrected chi connectivity index (χ3v) is 12.3. The van der Waals surface area contributed by atoms with Crippen molar-refractivity contribution in [3.8, 4) is 0 Å². The molecule has 1 aliphatic carbocycles. The zero-order valence-electron chi connectivity index (χ0n) is 31.6. The second-order valence-corrected chi connectivity index (χ2v) is 15.9. The average Bonchev–Trinajstić information content (AvgIpc) is 3.74. The zero-order chi connectivity index (χ0) is 38.6. The summed E-state index contributed by atoms with van der Waals surface area (Å²) in [6.45, 7) is 15.8. The maximum atomic E-state index is 14.1. The first kappa shape index (κ1) is 36.2. The SMILES string of the molecule is [C-]#[N+]c1ccc2c3c([nH]c2c1)C(C)(C)c1cc(N2CCC(NC(=O)CCCCc4cccc5c4CN(C4CCC(=O)NC4=O)C5=O)CC2)c(CC)cc1C3=O. The maximum Gasteiger partial charge on any atom is 0.255 e. The van der Waals surface area contributed by atoms with Crippen molar-refractivity contribution in [1.29, 1.82) is 0 Å². The molecule has 3 aromatic carbocycles. The van der Waals surface area contributed by atoms with Crippen molar-refractivity contribution < 1.29 is 24.0 Å². The summed E-state index contributed by atoms with van der Waals surface area (Å²) in [6.07, 6.45) is 5.71. The van der Waals surface area contributed by atoms with Crippen LogP contribution in [0.15, 0.2) is 48.5 Å². The molecule has 0 spiro atoms. The minimum absolute atomic E-state index is 0.0213. The fourth-order valence-corrected chi connectivity index (χ4v) is 9.19. The van der Waals surface area contributed by atoms with Gasteiger partial charge in [-0.25, -0.2) is 4.85 Å². The quantitative estimate of drug-likeness (QED) is 0.103. The number of rotatable bonds is 9. The highest BCUT2D eigenvalue weighted by Crippen LogP contribution is 2.46. The minimum Gasteiger partial charge on any atom is -0.371 e. The van der Waals surface area contributed by atoms with Crippen molar-refractivity contribution in [1.82, 2.24) is 20.5 Å². The highest BCUT2D eigenvalue weighted by molar-refractivity contribution is 6.20.